The van der Waals surface area contributed by atoms with Crippen LogP contribution in [0, 0.1) is 0 Å². The minimum Gasteiger partial charge on any atom is -0.488 e. The van der Waals surface area contributed by atoms with Crippen molar-refractivity contribution in [3.63, 3.8) is 0 Å². The van der Waals surface area contributed by atoms with Crippen LogP contribution in [0.2, 0.25) is 0 Å². The molecule has 98 valence electrons. The first-order valence-corrected chi connectivity index (χ1v) is 6.97. The number of hydrogen-bond acceptors (Lipinski definition) is 2. The predicted octanol–water partition coefficient (Wildman–Crippen LogP) is 4.16. The fraction of sp³-hybridized carbons (Fsp3) is 0.188. The van der Waals surface area contributed by atoms with Crippen molar-refractivity contribution in [3.8, 4) is 5.75 Å². The Morgan fingerprint density at radius 3 is 2.53 bits per heavy atom. The van der Waals surface area contributed by atoms with E-state index >= 15 is 0 Å². The van der Waals surface area contributed by atoms with Crippen molar-refractivity contribution in [3.05, 3.63) is 64.1 Å². The van der Waals surface area contributed by atoms with E-state index in [0.717, 1.165) is 34.1 Å². The number of aryl methyl sites for hydroxylation is 1. The highest BCUT2D eigenvalue weighted by molar-refractivity contribution is 9.10. The number of ether oxygens (including phenoxy) is 1. The van der Waals surface area contributed by atoms with Gasteiger partial charge in [0, 0.05) is 6.42 Å². The molecular weight excluding hydrogens is 304 g/mol. The van der Waals surface area contributed by atoms with Gasteiger partial charge < -0.3 is 9.53 Å². The van der Waals surface area contributed by atoms with Crippen LogP contribution in [0.4, 0.5) is 0 Å². The van der Waals surface area contributed by atoms with E-state index in [9.17, 15) is 4.79 Å². The molecule has 2 nitrogen and oxygen atoms in total. The molecule has 0 unspecified atom stereocenters. The zero-order chi connectivity index (χ0) is 13.5. The summed E-state index contributed by atoms with van der Waals surface area (Å²) in [4.78, 5) is 10.4. The maximum atomic E-state index is 10.4. The van der Waals surface area contributed by atoms with Gasteiger partial charge in [0.15, 0.2) is 0 Å². The van der Waals surface area contributed by atoms with Gasteiger partial charge in [0.1, 0.15) is 18.6 Å². The summed E-state index contributed by atoms with van der Waals surface area (Å²) in [6, 6.07) is 16.0. The van der Waals surface area contributed by atoms with Crippen LogP contribution in [-0.2, 0) is 17.8 Å². The third-order valence-corrected chi connectivity index (χ3v) is 3.40. The van der Waals surface area contributed by atoms with E-state index in [2.05, 4.69) is 15.9 Å². The van der Waals surface area contributed by atoms with Crippen LogP contribution in [0.25, 0.3) is 0 Å². The second kappa shape index (κ2) is 7.10. The quantitative estimate of drug-likeness (QED) is 0.747. The molecule has 0 aliphatic carbocycles. The Hall–Kier alpha value is -1.61. The summed E-state index contributed by atoms with van der Waals surface area (Å²) in [5.41, 5.74) is 2.27. The minimum atomic E-state index is 0.549. The fourth-order valence-corrected chi connectivity index (χ4v) is 2.32. The molecule has 2 aromatic carbocycles. The van der Waals surface area contributed by atoms with Gasteiger partial charge in [0.2, 0.25) is 0 Å². The molecule has 0 radical (unpaired) electrons. The molecule has 0 saturated heterocycles. The molecule has 0 saturated carbocycles. The molecule has 0 amide bonds. The standard InChI is InChI=1S/C16H15BrO2/c17-15-11-13(7-4-10-18)8-9-16(15)19-12-14-5-2-1-3-6-14/h1-3,5-6,8-11H,4,7,12H2. The predicted molar refractivity (Wildman–Crippen MR) is 79.3 cm³/mol. The molecule has 0 N–H and O–H groups in total. The number of carbonyl (C=O) groups is 1. The Bertz CT molecular complexity index is 538. The lowest BCUT2D eigenvalue weighted by Crippen LogP contribution is -1.96. The largest absolute Gasteiger partial charge is 0.488 e. The van der Waals surface area contributed by atoms with E-state index in [1.54, 1.807) is 0 Å². The van der Waals surface area contributed by atoms with Crippen LogP contribution >= 0.6 is 15.9 Å². The molecule has 0 bridgehead atoms. The average Bonchev–Trinajstić information content (AvgIpc) is 2.45. The van der Waals surface area contributed by atoms with Gasteiger partial charge in [-0.2, -0.15) is 0 Å². The van der Waals surface area contributed by atoms with Gasteiger partial charge in [-0.15, -0.1) is 0 Å². The summed E-state index contributed by atoms with van der Waals surface area (Å²) < 4.78 is 6.69. The second-order valence-electron chi connectivity index (χ2n) is 4.24. The lowest BCUT2D eigenvalue weighted by Gasteiger charge is -2.09. The molecule has 0 fully saturated rings. The summed E-state index contributed by atoms with van der Waals surface area (Å²) in [5.74, 6) is 0.818. The molecule has 0 spiro atoms. The van der Waals surface area contributed by atoms with Crippen LogP contribution < -0.4 is 4.74 Å². The Morgan fingerprint density at radius 1 is 1.05 bits per heavy atom. The lowest BCUT2D eigenvalue weighted by molar-refractivity contribution is -0.107. The van der Waals surface area contributed by atoms with E-state index < -0.39 is 0 Å². The van der Waals surface area contributed by atoms with Crippen molar-refractivity contribution < 1.29 is 9.53 Å². The SMILES string of the molecule is O=CCCc1ccc(OCc2ccccc2)c(Br)c1. The van der Waals surface area contributed by atoms with Crippen molar-refractivity contribution >= 4 is 22.2 Å². The maximum Gasteiger partial charge on any atom is 0.134 e. The molecule has 2 rings (SSSR count). The zero-order valence-corrected chi connectivity index (χ0v) is 12.1. The molecule has 0 aliphatic rings. The van der Waals surface area contributed by atoms with E-state index in [4.69, 9.17) is 4.74 Å². The average molecular weight is 319 g/mol. The fourth-order valence-electron chi connectivity index (χ4n) is 1.78. The highest BCUT2D eigenvalue weighted by Crippen LogP contribution is 2.27. The van der Waals surface area contributed by atoms with Crippen LogP contribution in [0.15, 0.2) is 53.0 Å². The first-order chi connectivity index (χ1) is 9.29. The van der Waals surface area contributed by atoms with Crippen LogP contribution in [0.3, 0.4) is 0 Å². The molecule has 0 aliphatic heterocycles. The van der Waals surface area contributed by atoms with Gasteiger partial charge >= 0.3 is 0 Å². The Kier molecular flexibility index (Phi) is 5.16. The van der Waals surface area contributed by atoms with Crippen molar-refractivity contribution in [1.82, 2.24) is 0 Å². The van der Waals surface area contributed by atoms with Gasteiger partial charge in [-0.1, -0.05) is 36.4 Å². The Balaban J connectivity index is 1.99. The summed E-state index contributed by atoms with van der Waals surface area (Å²) in [7, 11) is 0. The molecule has 0 atom stereocenters. The number of carbonyl (C=O) groups excluding carboxylic acids is 1. The monoisotopic (exact) mass is 318 g/mol. The van der Waals surface area contributed by atoms with Crippen molar-refractivity contribution in [2.45, 2.75) is 19.4 Å². The molecular formula is C16H15BrO2. The maximum absolute atomic E-state index is 10.4. The first-order valence-electron chi connectivity index (χ1n) is 6.18. The molecule has 2 aromatic rings. The number of rotatable bonds is 6. The van der Waals surface area contributed by atoms with Gasteiger partial charge in [0.05, 0.1) is 4.47 Å². The van der Waals surface area contributed by atoms with Gasteiger partial charge in [0.25, 0.3) is 0 Å². The summed E-state index contributed by atoms with van der Waals surface area (Å²) in [5, 5.41) is 0. The summed E-state index contributed by atoms with van der Waals surface area (Å²) >= 11 is 3.50. The molecule has 19 heavy (non-hydrogen) atoms. The normalized spacial score (nSPS) is 10.2. The Labute approximate surface area is 121 Å². The first kappa shape index (κ1) is 13.8. The van der Waals surface area contributed by atoms with Gasteiger partial charge in [-0.25, -0.2) is 0 Å². The van der Waals surface area contributed by atoms with Crippen LogP contribution in [0.1, 0.15) is 17.5 Å². The smallest absolute Gasteiger partial charge is 0.134 e. The molecule has 0 aromatic heterocycles. The molecule has 0 heterocycles. The van der Waals surface area contributed by atoms with E-state index in [1.165, 1.54) is 0 Å². The summed E-state index contributed by atoms with van der Waals surface area (Å²) in [6.45, 7) is 0.549. The Morgan fingerprint density at radius 2 is 1.84 bits per heavy atom. The highest BCUT2D eigenvalue weighted by Gasteiger charge is 2.03. The van der Waals surface area contributed by atoms with Gasteiger partial charge in [-0.05, 0) is 45.6 Å². The number of hydrogen-bond donors (Lipinski definition) is 0. The molecule has 3 heteroatoms. The zero-order valence-electron chi connectivity index (χ0n) is 10.5. The van der Waals surface area contributed by atoms with Crippen LogP contribution in [-0.4, -0.2) is 6.29 Å². The summed E-state index contributed by atoms with van der Waals surface area (Å²) in [6.07, 6.45) is 2.26. The van der Waals surface area contributed by atoms with Crippen LogP contribution in [0.5, 0.6) is 5.75 Å². The van der Waals surface area contributed by atoms with Crippen molar-refractivity contribution in [2.75, 3.05) is 0 Å². The second-order valence-corrected chi connectivity index (χ2v) is 5.10. The van der Waals surface area contributed by atoms with Crippen molar-refractivity contribution in [2.24, 2.45) is 0 Å². The topological polar surface area (TPSA) is 26.3 Å². The number of benzene rings is 2. The minimum absolute atomic E-state index is 0.549. The third-order valence-electron chi connectivity index (χ3n) is 2.78. The van der Waals surface area contributed by atoms with E-state index in [1.807, 2.05) is 48.5 Å². The number of aldehydes is 1. The highest BCUT2D eigenvalue weighted by atomic mass is 79.9. The van der Waals surface area contributed by atoms with Crippen molar-refractivity contribution in [1.29, 1.82) is 0 Å². The van der Waals surface area contributed by atoms with Gasteiger partial charge in [-0.3, -0.25) is 0 Å². The van der Waals surface area contributed by atoms with E-state index in [-0.39, 0.29) is 0 Å². The third kappa shape index (κ3) is 4.21. The lowest BCUT2D eigenvalue weighted by atomic mass is 10.1. The number of halogens is 1. The van der Waals surface area contributed by atoms with E-state index in [0.29, 0.717) is 13.0 Å².